The third-order valence-electron chi connectivity index (χ3n) is 5.14. The van der Waals surface area contributed by atoms with Gasteiger partial charge in [0, 0.05) is 24.8 Å². The zero-order valence-electron chi connectivity index (χ0n) is 15.9. The molecule has 0 saturated carbocycles. The van der Waals surface area contributed by atoms with Gasteiger partial charge in [-0.1, -0.05) is 35.9 Å². The molecular formula is C21H26ClNO5. The van der Waals surface area contributed by atoms with E-state index in [1.165, 1.54) is 0 Å². The van der Waals surface area contributed by atoms with Crippen LogP contribution in [0.1, 0.15) is 22.8 Å². The molecule has 2 aromatic carbocycles. The number of halogens is 1. The minimum absolute atomic E-state index is 0.458. The van der Waals surface area contributed by atoms with Gasteiger partial charge in [-0.25, -0.2) is 0 Å². The minimum atomic E-state index is -1.41. The Kier molecular flexibility index (Phi) is 6.60. The van der Waals surface area contributed by atoms with Crippen LogP contribution in [0.15, 0.2) is 42.5 Å². The predicted molar refractivity (Wildman–Crippen MR) is 108 cm³/mol. The van der Waals surface area contributed by atoms with E-state index in [1.54, 1.807) is 12.1 Å². The van der Waals surface area contributed by atoms with Crippen LogP contribution in [0.3, 0.4) is 0 Å². The van der Waals surface area contributed by atoms with E-state index in [-0.39, 0.29) is 0 Å². The van der Waals surface area contributed by atoms with Crippen LogP contribution in [0, 0.1) is 0 Å². The Bertz CT molecular complexity index is 796. The van der Waals surface area contributed by atoms with Crippen LogP contribution >= 0.6 is 11.6 Å². The molecule has 1 aliphatic heterocycles. The van der Waals surface area contributed by atoms with E-state index in [1.807, 2.05) is 49.3 Å². The smallest absolute Gasteiger partial charge is 0.113 e. The van der Waals surface area contributed by atoms with Crippen LogP contribution in [0.2, 0.25) is 5.02 Å². The molecule has 7 heteroatoms. The van der Waals surface area contributed by atoms with Crippen molar-refractivity contribution in [2.45, 2.75) is 36.9 Å². The van der Waals surface area contributed by atoms with E-state index in [2.05, 4.69) is 0 Å². The molecule has 1 heterocycles. The molecule has 0 spiro atoms. The second kappa shape index (κ2) is 8.78. The quantitative estimate of drug-likeness (QED) is 0.600. The Morgan fingerprint density at radius 3 is 2.25 bits per heavy atom. The maximum Gasteiger partial charge on any atom is 0.113 e. The number of nitrogens with zero attached hydrogens (tertiary/aromatic N) is 1. The Balaban J connectivity index is 1.84. The molecule has 152 valence electrons. The largest absolute Gasteiger partial charge is 0.394 e. The van der Waals surface area contributed by atoms with E-state index in [0.29, 0.717) is 17.0 Å². The van der Waals surface area contributed by atoms with Gasteiger partial charge in [0.2, 0.25) is 0 Å². The summed E-state index contributed by atoms with van der Waals surface area (Å²) < 4.78 is 5.65. The Labute approximate surface area is 169 Å². The van der Waals surface area contributed by atoms with Crippen molar-refractivity contribution in [1.82, 2.24) is 0 Å². The molecule has 0 radical (unpaired) electrons. The van der Waals surface area contributed by atoms with Gasteiger partial charge < -0.3 is 30.1 Å². The standard InChI is InChI=1S/C21H26ClNO5/c1-23(2)15-6-3-12(4-7-15)9-14-10-13(5-8-16(14)22)21-20(27)19(26)18(25)17(11-24)28-21/h3-8,10,17-21,24-27H,9,11H2,1-2H3/t17-,18-,19+,20-,21+/m1/s1. The summed E-state index contributed by atoms with van der Waals surface area (Å²) in [5, 5.41) is 40.3. The number of hydrogen-bond acceptors (Lipinski definition) is 6. The molecule has 3 rings (SSSR count). The molecule has 0 aliphatic carbocycles. The lowest BCUT2D eigenvalue weighted by Crippen LogP contribution is -2.55. The number of rotatable bonds is 5. The van der Waals surface area contributed by atoms with Crippen LogP contribution in [-0.2, 0) is 11.2 Å². The Hall–Kier alpha value is -1.67. The van der Waals surface area contributed by atoms with Crippen LogP contribution in [0.25, 0.3) is 0 Å². The molecular weight excluding hydrogens is 382 g/mol. The molecule has 1 aliphatic rings. The molecule has 6 nitrogen and oxygen atoms in total. The second-order valence-electron chi connectivity index (χ2n) is 7.34. The van der Waals surface area contributed by atoms with Gasteiger partial charge in [0.15, 0.2) is 0 Å². The van der Waals surface area contributed by atoms with E-state index >= 15 is 0 Å². The van der Waals surface area contributed by atoms with Gasteiger partial charge in [-0.2, -0.15) is 0 Å². The maximum absolute atomic E-state index is 10.4. The summed E-state index contributed by atoms with van der Waals surface area (Å²) in [4.78, 5) is 2.02. The Morgan fingerprint density at radius 1 is 0.964 bits per heavy atom. The topological polar surface area (TPSA) is 93.4 Å². The molecule has 5 atom stereocenters. The summed E-state index contributed by atoms with van der Waals surface area (Å²) in [5.41, 5.74) is 3.67. The van der Waals surface area contributed by atoms with Crippen LogP contribution in [0.5, 0.6) is 0 Å². The van der Waals surface area contributed by atoms with E-state index in [9.17, 15) is 20.4 Å². The average Bonchev–Trinajstić information content (AvgIpc) is 2.69. The first kappa shape index (κ1) is 21.0. The minimum Gasteiger partial charge on any atom is -0.394 e. The molecule has 0 aromatic heterocycles. The molecule has 0 bridgehead atoms. The highest BCUT2D eigenvalue weighted by Crippen LogP contribution is 2.34. The Morgan fingerprint density at radius 2 is 1.64 bits per heavy atom. The van der Waals surface area contributed by atoms with Crippen molar-refractivity contribution in [3.8, 4) is 0 Å². The predicted octanol–water partition coefficient (Wildman–Crippen LogP) is 1.51. The van der Waals surface area contributed by atoms with Gasteiger partial charge in [-0.05, 0) is 41.3 Å². The monoisotopic (exact) mass is 407 g/mol. The van der Waals surface area contributed by atoms with Crippen LogP contribution in [0.4, 0.5) is 5.69 Å². The molecule has 4 N–H and O–H groups in total. The SMILES string of the molecule is CN(C)c1ccc(Cc2cc([C@@H]3O[C@H](CO)[C@@H](O)[C@H](O)[C@H]3O)ccc2Cl)cc1. The van der Waals surface area contributed by atoms with E-state index in [4.69, 9.17) is 16.3 Å². The number of benzene rings is 2. The average molecular weight is 408 g/mol. The highest BCUT2D eigenvalue weighted by atomic mass is 35.5. The summed E-state index contributed by atoms with van der Waals surface area (Å²) in [6.45, 7) is -0.458. The first-order chi connectivity index (χ1) is 13.3. The van der Waals surface area contributed by atoms with Crippen molar-refractivity contribution in [1.29, 1.82) is 0 Å². The van der Waals surface area contributed by atoms with E-state index < -0.39 is 37.1 Å². The lowest BCUT2D eigenvalue weighted by Gasteiger charge is -2.40. The summed E-state index contributed by atoms with van der Waals surface area (Å²) in [6.07, 6.45) is -5.32. The fourth-order valence-electron chi connectivity index (χ4n) is 3.42. The van der Waals surface area contributed by atoms with Gasteiger partial charge in [-0.15, -0.1) is 0 Å². The molecule has 1 fully saturated rings. The fraction of sp³-hybridized carbons (Fsp3) is 0.429. The molecule has 0 unspecified atom stereocenters. The number of hydrogen-bond donors (Lipinski definition) is 4. The second-order valence-corrected chi connectivity index (χ2v) is 7.75. The highest BCUT2D eigenvalue weighted by molar-refractivity contribution is 6.31. The maximum atomic E-state index is 10.4. The van der Waals surface area contributed by atoms with E-state index in [0.717, 1.165) is 16.8 Å². The first-order valence-corrected chi connectivity index (χ1v) is 9.54. The number of aliphatic hydroxyl groups is 4. The van der Waals surface area contributed by atoms with Crippen molar-refractivity contribution in [2.24, 2.45) is 0 Å². The van der Waals surface area contributed by atoms with Crippen molar-refractivity contribution in [2.75, 3.05) is 25.6 Å². The number of ether oxygens (including phenoxy) is 1. The molecule has 0 amide bonds. The zero-order valence-corrected chi connectivity index (χ0v) is 16.6. The van der Waals surface area contributed by atoms with Crippen molar-refractivity contribution in [3.63, 3.8) is 0 Å². The number of anilines is 1. The van der Waals surface area contributed by atoms with Gasteiger partial charge in [0.05, 0.1) is 6.61 Å². The van der Waals surface area contributed by atoms with Crippen molar-refractivity contribution in [3.05, 3.63) is 64.2 Å². The lowest BCUT2D eigenvalue weighted by atomic mass is 9.90. The zero-order chi connectivity index (χ0) is 20.4. The van der Waals surface area contributed by atoms with Gasteiger partial charge in [-0.3, -0.25) is 0 Å². The third-order valence-corrected chi connectivity index (χ3v) is 5.51. The van der Waals surface area contributed by atoms with Gasteiger partial charge in [0.1, 0.15) is 30.5 Å². The van der Waals surface area contributed by atoms with Gasteiger partial charge in [0.25, 0.3) is 0 Å². The third kappa shape index (κ3) is 4.33. The first-order valence-electron chi connectivity index (χ1n) is 9.17. The summed E-state index contributed by atoms with van der Waals surface area (Å²) in [7, 11) is 3.96. The molecule has 1 saturated heterocycles. The lowest BCUT2D eigenvalue weighted by molar-refractivity contribution is -0.231. The highest BCUT2D eigenvalue weighted by Gasteiger charge is 2.43. The molecule has 2 aromatic rings. The van der Waals surface area contributed by atoms with Crippen LogP contribution < -0.4 is 4.90 Å². The summed E-state index contributed by atoms with van der Waals surface area (Å²) >= 11 is 6.37. The van der Waals surface area contributed by atoms with Crippen LogP contribution in [-0.4, -0.2) is 65.5 Å². The summed E-state index contributed by atoms with van der Waals surface area (Å²) in [6, 6.07) is 13.4. The molecule has 28 heavy (non-hydrogen) atoms. The summed E-state index contributed by atoms with van der Waals surface area (Å²) in [5.74, 6) is 0. The number of aliphatic hydroxyl groups excluding tert-OH is 4. The van der Waals surface area contributed by atoms with Crippen molar-refractivity contribution < 1.29 is 25.2 Å². The van der Waals surface area contributed by atoms with Crippen molar-refractivity contribution >= 4 is 17.3 Å². The van der Waals surface area contributed by atoms with Gasteiger partial charge >= 0.3 is 0 Å². The normalized spacial score (nSPS) is 27.6. The fourth-order valence-corrected chi connectivity index (χ4v) is 3.60.